The molecular formula is C18H26N2OS. The van der Waals surface area contributed by atoms with Crippen LogP contribution in [0, 0.1) is 28.6 Å². The van der Waals surface area contributed by atoms with Gasteiger partial charge in [0.2, 0.25) is 0 Å². The maximum atomic E-state index is 12.9. The molecule has 0 unspecified atom stereocenters. The molecule has 0 saturated heterocycles. The number of hydrogen-bond donors (Lipinski definition) is 0. The quantitative estimate of drug-likeness (QED) is 0.722. The Morgan fingerprint density at radius 3 is 2.14 bits per heavy atom. The molecule has 4 bridgehead atoms. The van der Waals surface area contributed by atoms with E-state index >= 15 is 0 Å². The number of nitrogens with zero attached hydrogens (tertiary/aromatic N) is 2. The average Bonchev–Trinajstić information content (AvgIpc) is 2.85. The molecule has 1 aliphatic heterocycles. The summed E-state index contributed by atoms with van der Waals surface area (Å²) in [5, 5.41) is 0.714. The van der Waals surface area contributed by atoms with Crippen LogP contribution in [0.3, 0.4) is 0 Å². The lowest BCUT2D eigenvalue weighted by Crippen LogP contribution is -2.49. The maximum Gasteiger partial charge on any atom is 0.254 e. The van der Waals surface area contributed by atoms with Crippen molar-refractivity contribution in [1.29, 1.82) is 0 Å². The fourth-order valence-corrected chi connectivity index (χ4v) is 6.42. The highest BCUT2D eigenvalue weighted by Gasteiger charge is 2.54. The molecule has 0 aromatic rings. The molecule has 5 aliphatic rings. The minimum Gasteiger partial charge on any atom is -0.272 e. The smallest absolute Gasteiger partial charge is 0.254 e. The second-order valence-electron chi connectivity index (χ2n) is 8.99. The molecule has 3 nitrogen and oxygen atoms in total. The van der Waals surface area contributed by atoms with E-state index in [4.69, 9.17) is 0 Å². The van der Waals surface area contributed by atoms with Gasteiger partial charge < -0.3 is 0 Å². The van der Waals surface area contributed by atoms with Crippen LogP contribution in [0.2, 0.25) is 0 Å². The Kier molecular flexibility index (Phi) is 3.34. The van der Waals surface area contributed by atoms with Crippen molar-refractivity contribution in [3.63, 3.8) is 0 Å². The number of carbonyl (C=O) groups excluding carboxylic acids is 1. The van der Waals surface area contributed by atoms with Crippen LogP contribution in [0.25, 0.3) is 0 Å². The van der Waals surface area contributed by atoms with Gasteiger partial charge in [0.05, 0.1) is 5.41 Å². The molecule has 5 rings (SSSR count). The Bertz CT molecular complexity index is 535. The van der Waals surface area contributed by atoms with Crippen LogP contribution >= 0.6 is 11.8 Å². The lowest BCUT2D eigenvalue weighted by Gasteiger charge is -2.55. The number of aliphatic imine (C=N–C) groups is 2. The largest absolute Gasteiger partial charge is 0.272 e. The van der Waals surface area contributed by atoms with E-state index < -0.39 is 0 Å². The van der Waals surface area contributed by atoms with Crippen LogP contribution in [0.1, 0.15) is 59.3 Å². The van der Waals surface area contributed by atoms with Crippen molar-refractivity contribution in [3.05, 3.63) is 0 Å². The molecule has 0 aromatic heterocycles. The summed E-state index contributed by atoms with van der Waals surface area (Å²) in [4.78, 5) is 22.1. The van der Waals surface area contributed by atoms with Crippen molar-refractivity contribution in [2.75, 3.05) is 5.75 Å². The molecule has 4 heteroatoms. The van der Waals surface area contributed by atoms with E-state index in [-0.39, 0.29) is 16.7 Å². The highest BCUT2D eigenvalue weighted by atomic mass is 32.2. The van der Waals surface area contributed by atoms with Crippen molar-refractivity contribution in [3.8, 4) is 0 Å². The number of hydrogen-bond acceptors (Lipinski definition) is 2. The minimum absolute atomic E-state index is 0.0774. The summed E-state index contributed by atoms with van der Waals surface area (Å²) in [7, 11) is 0. The van der Waals surface area contributed by atoms with Gasteiger partial charge in [0, 0.05) is 16.9 Å². The zero-order valence-corrected chi connectivity index (χ0v) is 14.7. The molecule has 0 atom stereocenters. The van der Waals surface area contributed by atoms with Crippen LogP contribution in [-0.4, -0.2) is 22.5 Å². The Hall–Kier alpha value is -0.640. The van der Waals surface area contributed by atoms with Crippen LogP contribution in [0.15, 0.2) is 9.98 Å². The van der Waals surface area contributed by atoms with Gasteiger partial charge in [0.1, 0.15) is 0 Å². The predicted molar refractivity (Wildman–Crippen MR) is 92.4 cm³/mol. The third-order valence-corrected chi connectivity index (χ3v) is 6.98. The SMILES string of the molecule is CC(C)(C)C1=NC(=NC(=O)C23CC4CC(CC(C4)C2)C3)SC1. The average molecular weight is 318 g/mol. The van der Waals surface area contributed by atoms with Crippen LogP contribution in [0.4, 0.5) is 0 Å². The third kappa shape index (κ3) is 2.47. The summed E-state index contributed by atoms with van der Waals surface area (Å²) in [6.07, 6.45) is 7.37. The number of rotatable bonds is 1. The van der Waals surface area contributed by atoms with Gasteiger partial charge in [-0.1, -0.05) is 32.5 Å². The summed E-state index contributed by atoms with van der Waals surface area (Å²) in [5.74, 6) is 3.41. The van der Waals surface area contributed by atoms with Gasteiger partial charge in [-0.3, -0.25) is 4.79 Å². The molecule has 4 fully saturated rings. The molecule has 0 radical (unpaired) electrons. The van der Waals surface area contributed by atoms with Gasteiger partial charge in [-0.15, -0.1) is 0 Å². The van der Waals surface area contributed by atoms with Crippen molar-refractivity contribution in [2.24, 2.45) is 38.6 Å². The normalized spacial score (nSPS) is 42.0. The highest BCUT2D eigenvalue weighted by Crippen LogP contribution is 2.60. The van der Waals surface area contributed by atoms with E-state index in [2.05, 4.69) is 30.8 Å². The van der Waals surface area contributed by atoms with Gasteiger partial charge in [-0.25, -0.2) is 4.99 Å². The maximum absolute atomic E-state index is 12.9. The van der Waals surface area contributed by atoms with Crippen LogP contribution in [0.5, 0.6) is 0 Å². The number of thioether (sulfide) groups is 1. The molecule has 1 heterocycles. The molecule has 0 spiro atoms. The topological polar surface area (TPSA) is 41.8 Å². The van der Waals surface area contributed by atoms with E-state index in [1.165, 1.54) is 19.3 Å². The predicted octanol–water partition coefficient (Wildman–Crippen LogP) is 4.32. The lowest BCUT2D eigenvalue weighted by molar-refractivity contribution is -0.142. The monoisotopic (exact) mass is 318 g/mol. The first kappa shape index (κ1) is 14.9. The number of amides is 1. The van der Waals surface area contributed by atoms with E-state index in [9.17, 15) is 4.79 Å². The Labute approximate surface area is 137 Å². The summed E-state index contributed by atoms with van der Waals surface area (Å²) in [6.45, 7) is 6.53. The zero-order valence-electron chi connectivity index (χ0n) is 13.9. The molecule has 4 aliphatic carbocycles. The van der Waals surface area contributed by atoms with E-state index in [1.54, 1.807) is 11.8 Å². The highest BCUT2D eigenvalue weighted by molar-refractivity contribution is 8.15. The van der Waals surface area contributed by atoms with E-state index in [0.717, 1.165) is 48.5 Å². The van der Waals surface area contributed by atoms with Gasteiger partial charge in [0.15, 0.2) is 5.17 Å². The second kappa shape index (κ2) is 4.93. The Morgan fingerprint density at radius 1 is 1.14 bits per heavy atom. The molecular weight excluding hydrogens is 292 g/mol. The van der Waals surface area contributed by atoms with Gasteiger partial charge in [-0.05, 0) is 56.3 Å². The minimum atomic E-state index is -0.123. The standard InChI is InChI=1S/C18H26N2OS/c1-17(2,3)14-10-22-16(19-14)20-15(21)18-7-11-4-12(8-18)6-13(5-11)9-18/h11-13H,4-10H2,1-3H3. The van der Waals surface area contributed by atoms with Gasteiger partial charge >= 0.3 is 0 Å². The molecule has 1 amide bonds. The summed E-state index contributed by atoms with van der Waals surface area (Å²) in [6, 6.07) is 0. The van der Waals surface area contributed by atoms with Gasteiger partial charge in [-0.2, -0.15) is 4.99 Å². The molecule has 22 heavy (non-hydrogen) atoms. The molecule has 0 N–H and O–H groups in total. The zero-order chi connectivity index (χ0) is 15.5. The molecule has 120 valence electrons. The summed E-state index contributed by atoms with van der Waals surface area (Å²) in [5.41, 5.74) is 1.12. The fourth-order valence-electron chi connectivity index (χ4n) is 5.33. The van der Waals surface area contributed by atoms with Crippen molar-refractivity contribution in [2.45, 2.75) is 59.3 Å². The summed E-state index contributed by atoms with van der Waals surface area (Å²) >= 11 is 1.64. The van der Waals surface area contributed by atoms with Crippen LogP contribution in [-0.2, 0) is 4.79 Å². The van der Waals surface area contributed by atoms with Gasteiger partial charge in [0.25, 0.3) is 5.91 Å². The Morgan fingerprint density at radius 2 is 1.68 bits per heavy atom. The van der Waals surface area contributed by atoms with Crippen LogP contribution < -0.4 is 0 Å². The van der Waals surface area contributed by atoms with E-state index in [1.807, 2.05) is 0 Å². The van der Waals surface area contributed by atoms with Crippen molar-refractivity contribution >= 4 is 28.5 Å². The van der Waals surface area contributed by atoms with Crippen molar-refractivity contribution in [1.82, 2.24) is 0 Å². The first-order valence-electron chi connectivity index (χ1n) is 8.68. The first-order valence-corrected chi connectivity index (χ1v) is 9.67. The molecule has 4 saturated carbocycles. The number of carbonyl (C=O) groups is 1. The molecule has 0 aromatic carbocycles. The first-order chi connectivity index (χ1) is 10.3. The number of amidine groups is 1. The van der Waals surface area contributed by atoms with Crippen molar-refractivity contribution < 1.29 is 4.79 Å². The third-order valence-electron chi connectivity index (χ3n) is 6.12. The lowest BCUT2D eigenvalue weighted by atomic mass is 9.49. The Balaban J connectivity index is 1.56. The van der Waals surface area contributed by atoms with E-state index in [0.29, 0.717) is 5.17 Å². The second-order valence-corrected chi connectivity index (χ2v) is 9.94. The fraction of sp³-hybridized carbons (Fsp3) is 0.833. The summed E-state index contributed by atoms with van der Waals surface area (Å²) < 4.78 is 0.